The first kappa shape index (κ1) is 16.7. The van der Waals surface area contributed by atoms with Gasteiger partial charge in [0.15, 0.2) is 5.82 Å². The first-order chi connectivity index (χ1) is 10.5. The van der Waals surface area contributed by atoms with Crippen LogP contribution in [0.25, 0.3) is 0 Å². The van der Waals surface area contributed by atoms with Crippen LogP contribution in [0.1, 0.15) is 51.2 Å². The van der Waals surface area contributed by atoms with Gasteiger partial charge in [-0.15, -0.1) is 0 Å². The molecule has 1 fully saturated rings. The minimum atomic E-state index is -0.372. The van der Waals surface area contributed by atoms with E-state index in [0.29, 0.717) is 31.2 Å². The molecule has 2 amide bonds. The van der Waals surface area contributed by atoms with Crippen LogP contribution in [-0.2, 0) is 6.42 Å². The summed E-state index contributed by atoms with van der Waals surface area (Å²) in [5.74, 6) is 1.64. The zero-order valence-corrected chi connectivity index (χ0v) is 13.6. The van der Waals surface area contributed by atoms with Crippen molar-refractivity contribution in [3.8, 4) is 0 Å². The largest absolute Gasteiger partial charge is 0.393 e. The Hall–Kier alpha value is -1.63. The van der Waals surface area contributed by atoms with Crippen LogP contribution in [0.2, 0.25) is 0 Å². The van der Waals surface area contributed by atoms with Gasteiger partial charge in [-0.1, -0.05) is 19.0 Å². The summed E-state index contributed by atoms with van der Waals surface area (Å²) in [4.78, 5) is 18.2. The molecule has 2 unspecified atom stereocenters. The average Bonchev–Trinajstić information content (AvgIpc) is 2.96. The summed E-state index contributed by atoms with van der Waals surface area (Å²) in [5.41, 5.74) is 0. The average molecular weight is 310 g/mol. The molecule has 0 aliphatic carbocycles. The highest BCUT2D eigenvalue weighted by Gasteiger charge is 2.26. The zero-order valence-electron chi connectivity index (χ0n) is 13.6. The number of aromatic nitrogens is 2. The van der Waals surface area contributed by atoms with Gasteiger partial charge in [0.1, 0.15) is 0 Å². The number of carbonyl (C=O) groups excluding carboxylic acids is 1. The number of piperidine rings is 1. The second-order valence-corrected chi connectivity index (χ2v) is 6.27. The number of aliphatic hydroxyl groups excluding tert-OH is 1. The van der Waals surface area contributed by atoms with Crippen molar-refractivity contribution in [2.75, 3.05) is 19.6 Å². The maximum atomic E-state index is 12.1. The van der Waals surface area contributed by atoms with Gasteiger partial charge >= 0.3 is 6.03 Å². The van der Waals surface area contributed by atoms with E-state index in [1.54, 1.807) is 11.8 Å². The Bertz CT molecular complexity index is 487. The van der Waals surface area contributed by atoms with Crippen molar-refractivity contribution < 1.29 is 14.4 Å². The Kier molecular flexibility index (Phi) is 5.76. The number of hydrogen-bond donors (Lipinski definition) is 2. The molecule has 7 heteroatoms. The second kappa shape index (κ2) is 7.58. The third-order valence-electron chi connectivity index (χ3n) is 4.04. The molecular weight excluding hydrogens is 284 g/mol. The Balaban J connectivity index is 1.75. The number of nitrogens with zero attached hydrogens (tertiary/aromatic N) is 3. The molecule has 0 radical (unpaired) electrons. The van der Waals surface area contributed by atoms with Crippen molar-refractivity contribution in [1.82, 2.24) is 20.4 Å². The summed E-state index contributed by atoms with van der Waals surface area (Å²) >= 11 is 0. The summed E-state index contributed by atoms with van der Waals surface area (Å²) in [6.45, 7) is 7.62. The molecule has 1 aromatic rings. The van der Waals surface area contributed by atoms with E-state index in [-0.39, 0.29) is 24.0 Å². The van der Waals surface area contributed by atoms with Gasteiger partial charge in [-0.2, -0.15) is 4.98 Å². The maximum Gasteiger partial charge on any atom is 0.317 e. The predicted octanol–water partition coefficient (Wildman–Crippen LogP) is 1.54. The lowest BCUT2D eigenvalue weighted by Crippen LogP contribution is -2.47. The van der Waals surface area contributed by atoms with E-state index in [4.69, 9.17) is 4.52 Å². The van der Waals surface area contributed by atoms with E-state index in [9.17, 15) is 9.90 Å². The van der Waals surface area contributed by atoms with E-state index in [1.165, 1.54) is 0 Å². The number of urea groups is 1. The van der Waals surface area contributed by atoms with Crippen molar-refractivity contribution in [3.05, 3.63) is 11.7 Å². The van der Waals surface area contributed by atoms with Crippen LogP contribution in [0.3, 0.4) is 0 Å². The summed E-state index contributed by atoms with van der Waals surface area (Å²) in [6.07, 6.45) is 2.06. The number of carbonyl (C=O) groups is 1. The van der Waals surface area contributed by atoms with E-state index in [1.807, 2.05) is 13.8 Å². The molecule has 2 N–H and O–H groups in total. The van der Waals surface area contributed by atoms with Crippen LogP contribution in [0.5, 0.6) is 0 Å². The van der Waals surface area contributed by atoms with Gasteiger partial charge in [-0.25, -0.2) is 4.79 Å². The van der Waals surface area contributed by atoms with Gasteiger partial charge in [-0.05, 0) is 19.8 Å². The maximum absolute atomic E-state index is 12.1. The Morgan fingerprint density at radius 3 is 2.91 bits per heavy atom. The number of nitrogens with one attached hydrogen (secondary N) is 1. The standard InChI is InChI=1S/C15H26N4O3/c1-10(2)14-17-13(22-18-14)6-7-16-15(21)19-8-4-5-12(9-19)11(3)20/h10-12,20H,4-9H2,1-3H3,(H,16,21). The lowest BCUT2D eigenvalue weighted by molar-refractivity contribution is 0.0739. The molecule has 0 saturated carbocycles. The van der Waals surface area contributed by atoms with Crippen LogP contribution < -0.4 is 5.32 Å². The molecule has 1 aliphatic heterocycles. The monoisotopic (exact) mass is 310 g/mol. The Morgan fingerprint density at radius 1 is 1.50 bits per heavy atom. The SMILES string of the molecule is CC(C)c1noc(CCNC(=O)N2CCCC(C(C)O)C2)n1. The van der Waals surface area contributed by atoms with Crippen LogP contribution in [0, 0.1) is 5.92 Å². The smallest absolute Gasteiger partial charge is 0.317 e. The van der Waals surface area contributed by atoms with Gasteiger partial charge in [0, 0.05) is 37.9 Å². The van der Waals surface area contributed by atoms with E-state index in [0.717, 1.165) is 19.4 Å². The highest BCUT2D eigenvalue weighted by Crippen LogP contribution is 2.19. The fourth-order valence-corrected chi connectivity index (χ4v) is 2.58. The molecule has 0 spiro atoms. The molecule has 2 rings (SSSR count). The molecule has 124 valence electrons. The van der Waals surface area contributed by atoms with Gasteiger partial charge in [0.25, 0.3) is 0 Å². The van der Waals surface area contributed by atoms with Gasteiger partial charge in [0.05, 0.1) is 6.10 Å². The van der Waals surface area contributed by atoms with E-state index >= 15 is 0 Å². The molecule has 1 saturated heterocycles. The Labute approximate surface area is 131 Å². The zero-order chi connectivity index (χ0) is 16.1. The fourth-order valence-electron chi connectivity index (χ4n) is 2.58. The van der Waals surface area contributed by atoms with Crippen molar-refractivity contribution in [3.63, 3.8) is 0 Å². The highest BCUT2D eigenvalue weighted by atomic mass is 16.5. The van der Waals surface area contributed by atoms with Crippen molar-refractivity contribution in [2.45, 2.75) is 52.1 Å². The minimum absolute atomic E-state index is 0.0889. The van der Waals surface area contributed by atoms with Crippen molar-refractivity contribution >= 4 is 6.03 Å². The second-order valence-electron chi connectivity index (χ2n) is 6.27. The number of likely N-dealkylation sites (tertiary alicyclic amines) is 1. The van der Waals surface area contributed by atoms with Crippen LogP contribution in [0.15, 0.2) is 4.52 Å². The molecule has 1 aromatic heterocycles. The molecular formula is C15H26N4O3. The quantitative estimate of drug-likeness (QED) is 0.860. The summed E-state index contributed by atoms with van der Waals surface area (Å²) in [5, 5.41) is 16.4. The molecule has 0 aromatic carbocycles. The van der Waals surface area contributed by atoms with Crippen molar-refractivity contribution in [2.24, 2.45) is 5.92 Å². The normalized spacial score (nSPS) is 20.2. The molecule has 7 nitrogen and oxygen atoms in total. The summed E-state index contributed by atoms with van der Waals surface area (Å²) in [6, 6.07) is -0.0889. The van der Waals surface area contributed by atoms with Gasteiger partial charge < -0.3 is 19.8 Å². The number of hydrogen-bond acceptors (Lipinski definition) is 5. The molecule has 0 bridgehead atoms. The molecule has 22 heavy (non-hydrogen) atoms. The molecule has 1 aliphatic rings. The van der Waals surface area contributed by atoms with Gasteiger partial charge in [-0.3, -0.25) is 0 Å². The Morgan fingerprint density at radius 2 is 2.27 bits per heavy atom. The fraction of sp³-hybridized carbons (Fsp3) is 0.800. The number of amides is 2. The van der Waals surface area contributed by atoms with Gasteiger partial charge in [0.2, 0.25) is 5.89 Å². The van der Waals surface area contributed by atoms with Crippen LogP contribution in [-0.4, -0.2) is 51.9 Å². The summed E-state index contributed by atoms with van der Waals surface area (Å²) in [7, 11) is 0. The van der Waals surface area contributed by atoms with Crippen LogP contribution in [0.4, 0.5) is 4.79 Å². The third kappa shape index (κ3) is 4.43. The van der Waals surface area contributed by atoms with E-state index < -0.39 is 0 Å². The lowest BCUT2D eigenvalue weighted by Gasteiger charge is -2.34. The van der Waals surface area contributed by atoms with Crippen LogP contribution >= 0.6 is 0 Å². The van der Waals surface area contributed by atoms with Crippen molar-refractivity contribution in [1.29, 1.82) is 0 Å². The molecule has 2 atom stereocenters. The minimum Gasteiger partial charge on any atom is -0.393 e. The highest BCUT2D eigenvalue weighted by molar-refractivity contribution is 5.74. The molecule has 2 heterocycles. The topological polar surface area (TPSA) is 91.5 Å². The third-order valence-corrected chi connectivity index (χ3v) is 4.04. The predicted molar refractivity (Wildman–Crippen MR) is 81.5 cm³/mol. The first-order valence-electron chi connectivity index (χ1n) is 8.00. The van der Waals surface area contributed by atoms with E-state index in [2.05, 4.69) is 15.5 Å². The number of aliphatic hydroxyl groups is 1. The first-order valence-corrected chi connectivity index (χ1v) is 8.00. The number of rotatable bonds is 5. The summed E-state index contributed by atoms with van der Waals surface area (Å²) < 4.78 is 5.14. The lowest BCUT2D eigenvalue weighted by atomic mass is 9.94.